The molecule has 3 rings (SSSR count). The van der Waals surface area contributed by atoms with Gasteiger partial charge in [-0.3, -0.25) is 0 Å². The van der Waals surface area contributed by atoms with Gasteiger partial charge in [-0.1, -0.05) is 12.2 Å². The molecule has 3 aliphatic carbocycles. The second-order valence-electron chi connectivity index (χ2n) is 3.44. The lowest BCUT2D eigenvalue weighted by Gasteiger charge is -2.21. The quantitative estimate of drug-likeness (QED) is 0.343. The van der Waals surface area contributed by atoms with Crippen LogP contribution in [0.15, 0.2) is 12.2 Å². The van der Waals surface area contributed by atoms with Crippen molar-refractivity contribution < 1.29 is 0 Å². The van der Waals surface area contributed by atoms with Gasteiger partial charge in [-0.05, 0) is 43.9 Å². The minimum absolute atomic E-state index is 0.962. The minimum atomic E-state index is 0.962. The Morgan fingerprint density at radius 1 is 1.00 bits per heavy atom. The Morgan fingerprint density at radius 3 is 2.56 bits per heavy atom. The summed E-state index contributed by atoms with van der Waals surface area (Å²) in [6.45, 7) is 0. The topological polar surface area (TPSA) is 0 Å². The van der Waals surface area contributed by atoms with Gasteiger partial charge < -0.3 is 0 Å². The molecule has 1 fully saturated rings. The summed E-state index contributed by atoms with van der Waals surface area (Å²) < 4.78 is 0. The molecular weight excluding hydrogens is 109 g/mol. The maximum atomic E-state index is 2.44. The van der Waals surface area contributed by atoms with E-state index in [1.807, 2.05) is 0 Å². The van der Waals surface area contributed by atoms with E-state index >= 15 is 0 Å². The molecule has 0 saturated heterocycles. The van der Waals surface area contributed by atoms with Gasteiger partial charge in [0.05, 0.1) is 0 Å². The van der Waals surface area contributed by atoms with Crippen molar-refractivity contribution >= 4 is 0 Å². The van der Waals surface area contributed by atoms with Crippen molar-refractivity contribution in [3.05, 3.63) is 12.2 Å². The van der Waals surface area contributed by atoms with Crippen LogP contribution >= 0.6 is 0 Å². The SMILES string of the molecule is C1=C[13CH]2CCC(C1)CC2. The zero-order chi connectivity index (χ0) is 6.10. The van der Waals surface area contributed by atoms with E-state index in [4.69, 9.17) is 0 Å². The van der Waals surface area contributed by atoms with Crippen molar-refractivity contribution in [1.29, 1.82) is 0 Å². The molecular formula is C9H14. The zero-order valence-corrected chi connectivity index (χ0v) is 5.84. The van der Waals surface area contributed by atoms with Crippen LogP contribution in [0.2, 0.25) is 0 Å². The summed E-state index contributed by atoms with van der Waals surface area (Å²) >= 11 is 0. The van der Waals surface area contributed by atoms with Gasteiger partial charge >= 0.3 is 0 Å². The highest BCUT2D eigenvalue weighted by Gasteiger charge is 2.20. The maximum absolute atomic E-state index is 2.44. The van der Waals surface area contributed by atoms with Crippen LogP contribution in [0.5, 0.6) is 0 Å². The number of hydrogen-bond acceptors (Lipinski definition) is 0. The Balaban J connectivity index is 2.13. The van der Waals surface area contributed by atoms with Crippen molar-refractivity contribution in [1.82, 2.24) is 0 Å². The predicted octanol–water partition coefficient (Wildman–Crippen LogP) is 2.75. The second kappa shape index (κ2) is 2.17. The Morgan fingerprint density at radius 2 is 1.78 bits per heavy atom. The van der Waals surface area contributed by atoms with Crippen LogP contribution in [-0.4, -0.2) is 0 Å². The van der Waals surface area contributed by atoms with Crippen LogP contribution in [0.4, 0.5) is 0 Å². The molecule has 0 radical (unpaired) electrons. The number of fused-ring (bicyclic) bond motifs is 3. The average molecular weight is 123 g/mol. The van der Waals surface area contributed by atoms with Gasteiger partial charge in [0.25, 0.3) is 0 Å². The lowest BCUT2D eigenvalue weighted by molar-refractivity contribution is 0.327. The van der Waals surface area contributed by atoms with E-state index in [0.717, 1.165) is 11.8 Å². The molecule has 0 unspecified atom stereocenters. The largest absolute Gasteiger partial charge is 0.0880 e. The monoisotopic (exact) mass is 123 g/mol. The minimum Gasteiger partial charge on any atom is -0.0880 e. The molecule has 0 aromatic rings. The van der Waals surface area contributed by atoms with E-state index in [0.29, 0.717) is 0 Å². The molecule has 0 aliphatic heterocycles. The van der Waals surface area contributed by atoms with Gasteiger partial charge in [-0.25, -0.2) is 0 Å². The van der Waals surface area contributed by atoms with E-state index in [9.17, 15) is 0 Å². The van der Waals surface area contributed by atoms with E-state index in [2.05, 4.69) is 12.2 Å². The Hall–Kier alpha value is -0.260. The van der Waals surface area contributed by atoms with Gasteiger partial charge in [0, 0.05) is 0 Å². The Kier molecular flexibility index (Phi) is 1.33. The molecule has 0 heteroatoms. The highest BCUT2D eigenvalue weighted by Crippen LogP contribution is 2.34. The summed E-state index contributed by atoms with van der Waals surface area (Å²) in [5.41, 5.74) is 0. The molecule has 0 nitrogen and oxygen atoms in total. The van der Waals surface area contributed by atoms with Crippen LogP contribution in [0.1, 0.15) is 32.1 Å². The maximum Gasteiger partial charge on any atom is -0.0233 e. The molecule has 0 aromatic carbocycles. The van der Waals surface area contributed by atoms with Crippen molar-refractivity contribution in [3.8, 4) is 0 Å². The highest BCUT2D eigenvalue weighted by atomic mass is 14.5. The molecule has 50 valence electrons. The fraction of sp³-hybridized carbons (Fsp3) is 0.778. The first-order chi connectivity index (χ1) is 4.45. The van der Waals surface area contributed by atoms with Crippen molar-refractivity contribution in [2.75, 3.05) is 0 Å². The molecule has 0 heterocycles. The van der Waals surface area contributed by atoms with Crippen LogP contribution in [-0.2, 0) is 0 Å². The lowest BCUT2D eigenvalue weighted by atomic mass is 9.93. The molecule has 0 spiro atoms. The first-order valence-electron chi connectivity index (χ1n) is 4.12. The molecule has 0 atom stereocenters. The summed E-state index contributed by atoms with van der Waals surface area (Å²) in [6.07, 6.45) is 12.1. The van der Waals surface area contributed by atoms with Gasteiger partial charge in [0.15, 0.2) is 0 Å². The van der Waals surface area contributed by atoms with Gasteiger partial charge in [-0.15, -0.1) is 0 Å². The molecule has 1 saturated carbocycles. The molecule has 0 amide bonds. The third-order valence-electron chi connectivity index (χ3n) is 2.77. The number of hydrogen-bond donors (Lipinski definition) is 0. The summed E-state index contributed by atoms with van der Waals surface area (Å²) in [6, 6.07) is 0. The third kappa shape index (κ3) is 1.03. The number of rotatable bonds is 0. The first kappa shape index (κ1) is 5.52. The van der Waals surface area contributed by atoms with Crippen molar-refractivity contribution in [2.24, 2.45) is 11.8 Å². The van der Waals surface area contributed by atoms with Crippen LogP contribution < -0.4 is 0 Å². The van der Waals surface area contributed by atoms with Crippen molar-refractivity contribution in [2.45, 2.75) is 32.1 Å². The van der Waals surface area contributed by atoms with E-state index in [1.54, 1.807) is 0 Å². The first-order valence-corrected chi connectivity index (χ1v) is 4.12. The molecule has 0 aromatic heterocycles. The summed E-state index contributed by atoms with van der Waals surface area (Å²) in [5, 5.41) is 0. The summed E-state index contributed by atoms with van der Waals surface area (Å²) in [4.78, 5) is 0. The fourth-order valence-electron chi connectivity index (χ4n) is 2.08. The second-order valence-corrected chi connectivity index (χ2v) is 3.44. The fourth-order valence-corrected chi connectivity index (χ4v) is 2.08. The molecule has 2 bridgehead atoms. The zero-order valence-electron chi connectivity index (χ0n) is 5.84. The smallest absolute Gasteiger partial charge is 0.0233 e. The van der Waals surface area contributed by atoms with E-state index in [1.165, 1.54) is 32.1 Å². The van der Waals surface area contributed by atoms with Crippen LogP contribution in [0.25, 0.3) is 0 Å². The lowest BCUT2D eigenvalue weighted by Crippen LogP contribution is -2.08. The van der Waals surface area contributed by atoms with Gasteiger partial charge in [0.1, 0.15) is 0 Å². The van der Waals surface area contributed by atoms with Gasteiger partial charge in [-0.2, -0.15) is 0 Å². The van der Waals surface area contributed by atoms with E-state index in [-0.39, 0.29) is 0 Å². The van der Waals surface area contributed by atoms with Crippen LogP contribution in [0.3, 0.4) is 0 Å². The van der Waals surface area contributed by atoms with Crippen molar-refractivity contribution in [3.63, 3.8) is 0 Å². The van der Waals surface area contributed by atoms with Crippen LogP contribution in [0, 0.1) is 11.8 Å². The molecule has 9 heavy (non-hydrogen) atoms. The molecule has 0 N–H and O–H groups in total. The van der Waals surface area contributed by atoms with E-state index < -0.39 is 0 Å². The summed E-state index contributed by atoms with van der Waals surface area (Å²) in [5.74, 6) is 2.02. The standard InChI is InChI=1S/C9H14/c1-2-8-4-6-9(3-1)7-5-8/h1-2,8-9H,3-7H2/i8+1. The predicted molar refractivity (Wildman–Crippen MR) is 39.2 cm³/mol. The Labute approximate surface area is 57.0 Å². The summed E-state index contributed by atoms with van der Waals surface area (Å²) in [7, 11) is 0. The third-order valence-corrected chi connectivity index (χ3v) is 2.77. The molecule has 3 aliphatic rings. The normalized spacial score (nSPS) is 40.9. The average Bonchev–Trinajstić information content (AvgIpc) is 2.21. The highest BCUT2D eigenvalue weighted by molar-refractivity contribution is 4.97. The number of allylic oxidation sites excluding steroid dienone is 2. The Bertz CT molecular complexity index is 116. The van der Waals surface area contributed by atoms with Gasteiger partial charge in [0.2, 0.25) is 0 Å².